The highest BCUT2D eigenvalue weighted by atomic mass is 32.2. The molecule has 28 heavy (non-hydrogen) atoms. The lowest BCUT2D eigenvalue weighted by Crippen LogP contribution is -2.20. The predicted molar refractivity (Wildman–Crippen MR) is 105 cm³/mol. The van der Waals surface area contributed by atoms with E-state index in [-0.39, 0.29) is 15.9 Å². The number of nitrogens with one attached hydrogen (secondary N) is 3. The van der Waals surface area contributed by atoms with Crippen molar-refractivity contribution in [2.24, 2.45) is 0 Å². The van der Waals surface area contributed by atoms with Crippen LogP contribution in [0.4, 0.5) is 15.2 Å². The van der Waals surface area contributed by atoms with Crippen LogP contribution in [0.2, 0.25) is 0 Å². The first kappa shape index (κ1) is 19.9. The maximum Gasteiger partial charge on any atom is 0.260 e. The molecule has 0 saturated carbocycles. The van der Waals surface area contributed by atoms with Gasteiger partial charge in [-0.2, -0.15) is 0 Å². The van der Waals surface area contributed by atoms with Crippen LogP contribution >= 0.6 is 11.3 Å². The van der Waals surface area contributed by atoms with Gasteiger partial charge in [-0.05, 0) is 43.4 Å². The smallest absolute Gasteiger partial charge is 0.260 e. The number of carbonyl (C=O) groups excluding carboxylic acids is 2. The number of benzene rings is 2. The van der Waals surface area contributed by atoms with E-state index < -0.39 is 27.3 Å². The fourth-order valence-corrected chi connectivity index (χ4v) is 4.04. The number of thiazole rings is 1. The molecular weight excluding hydrogens is 407 g/mol. The van der Waals surface area contributed by atoms with Crippen LogP contribution in [0.15, 0.2) is 41.3 Å². The first-order valence-electron chi connectivity index (χ1n) is 7.92. The highest BCUT2D eigenvalue weighted by Gasteiger charge is 2.19. The number of halogens is 1. The molecule has 2 amide bonds. The van der Waals surface area contributed by atoms with Gasteiger partial charge in [-0.3, -0.25) is 14.9 Å². The van der Waals surface area contributed by atoms with Gasteiger partial charge in [0.15, 0.2) is 5.13 Å². The third-order valence-electron chi connectivity index (χ3n) is 3.69. The molecule has 2 aromatic carbocycles. The summed E-state index contributed by atoms with van der Waals surface area (Å²) in [6, 6.07) is 7.98. The van der Waals surface area contributed by atoms with Gasteiger partial charge in [-0.25, -0.2) is 22.5 Å². The second-order valence-electron chi connectivity index (χ2n) is 5.69. The van der Waals surface area contributed by atoms with E-state index in [2.05, 4.69) is 20.3 Å². The second kappa shape index (κ2) is 7.62. The van der Waals surface area contributed by atoms with Gasteiger partial charge < -0.3 is 5.32 Å². The molecule has 1 heterocycles. The minimum Gasteiger partial charge on any atom is -0.326 e. The number of sulfonamides is 1. The highest BCUT2D eigenvalue weighted by molar-refractivity contribution is 7.89. The molecule has 0 spiro atoms. The van der Waals surface area contributed by atoms with E-state index in [1.165, 1.54) is 14.0 Å². The Kier molecular flexibility index (Phi) is 5.40. The van der Waals surface area contributed by atoms with Crippen molar-refractivity contribution in [1.82, 2.24) is 9.71 Å². The molecule has 146 valence electrons. The Bertz CT molecular complexity index is 1190. The molecule has 1 aromatic heterocycles. The molecule has 0 saturated heterocycles. The first-order valence-corrected chi connectivity index (χ1v) is 10.2. The van der Waals surface area contributed by atoms with Gasteiger partial charge in [0.05, 0.1) is 20.7 Å². The van der Waals surface area contributed by atoms with Crippen molar-refractivity contribution in [3.8, 4) is 0 Å². The summed E-state index contributed by atoms with van der Waals surface area (Å²) in [5.74, 6) is -1.90. The van der Waals surface area contributed by atoms with E-state index in [0.29, 0.717) is 15.9 Å². The number of rotatable bonds is 5. The van der Waals surface area contributed by atoms with Crippen molar-refractivity contribution in [2.75, 3.05) is 17.7 Å². The standard InChI is InChI=1S/C17H15FN4O4S2/c1-9(23)20-10-3-6-14-15(7-10)27-17(21-14)22-16(24)12-8-11(4-5-13(12)18)28(25,26)19-2/h3-8,19H,1-2H3,(H,20,23)(H,21,22,24). The Morgan fingerprint density at radius 1 is 1.11 bits per heavy atom. The summed E-state index contributed by atoms with van der Waals surface area (Å²) in [4.78, 5) is 27.6. The molecular formula is C17H15FN4O4S2. The fraction of sp³-hybridized carbons (Fsp3) is 0.118. The lowest BCUT2D eigenvalue weighted by molar-refractivity contribution is -0.114. The Labute approximate surface area is 163 Å². The van der Waals surface area contributed by atoms with E-state index in [0.717, 1.165) is 29.5 Å². The number of nitrogens with zero attached hydrogens (tertiary/aromatic N) is 1. The Morgan fingerprint density at radius 3 is 2.54 bits per heavy atom. The van der Waals surface area contributed by atoms with Crippen molar-refractivity contribution in [3.63, 3.8) is 0 Å². The van der Waals surface area contributed by atoms with Gasteiger partial charge >= 0.3 is 0 Å². The summed E-state index contributed by atoms with van der Waals surface area (Å²) in [6.07, 6.45) is 0. The van der Waals surface area contributed by atoms with Crippen molar-refractivity contribution in [3.05, 3.63) is 47.8 Å². The molecule has 11 heteroatoms. The van der Waals surface area contributed by atoms with Crippen LogP contribution in [0, 0.1) is 5.82 Å². The molecule has 0 atom stereocenters. The van der Waals surface area contributed by atoms with Crippen LogP contribution in [0.1, 0.15) is 17.3 Å². The van der Waals surface area contributed by atoms with Crippen LogP contribution in [0.5, 0.6) is 0 Å². The molecule has 0 aliphatic heterocycles. The predicted octanol–water partition coefficient (Wildman–Crippen LogP) is 2.55. The third-order valence-corrected chi connectivity index (χ3v) is 6.04. The number of amides is 2. The lowest BCUT2D eigenvalue weighted by atomic mass is 10.2. The zero-order valence-electron chi connectivity index (χ0n) is 14.7. The van der Waals surface area contributed by atoms with Gasteiger partial charge in [-0.15, -0.1) is 0 Å². The van der Waals surface area contributed by atoms with Gasteiger partial charge in [0.2, 0.25) is 15.9 Å². The Morgan fingerprint density at radius 2 is 1.86 bits per heavy atom. The van der Waals surface area contributed by atoms with E-state index >= 15 is 0 Å². The van der Waals surface area contributed by atoms with E-state index in [4.69, 9.17) is 0 Å². The van der Waals surface area contributed by atoms with Crippen LogP contribution in [0.3, 0.4) is 0 Å². The third kappa shape index (κ3) is 4.16. The normalized spacial score (nSPS) is 11.4. The largest absolute Gasteiger partial charge is 0.326 e. The minimum absolute atomic E-state index is 0.209. The summed E-state index contributed by atoms with van der Waals surface area (Å²) in [6.45, 7) is 1.39. The molecule has 0 bridgehead atoms. The van der Waals surface area contributed by atoms with Crippen LogP contribution < -0.4 is 15.4 Å². The highest BCUT2D eigenvalue weighted by Crippen LogP contribution is 2.29. The maximum atomic E-state index is 14.1. The summed E-state index contributed by atoms with van der Waals surface area (Å²) in [7, 11) is -2.61. The fourth-order valence-electron chi connectivity index (χ4n) is 2.39. The average molecular weight is 422 g/mol. The maximum absolute atomic E-state index is 14.1. The molecule has 0 aliphatic rings. The molecule has 8 nitrogen and oxygen atoms in total. The van der Waals surface area contributed by atoms with E-state index in [1.54, 1.807) is 18.2 Å². The van der Waals surface area contributed by atoms with Crippen LogP contribution in [-0.4, -0.2) is 32.3 Å². The topological polar surface area (TPSA) is 117 Å². The molecule has 3 N–H and O–H groups in total. The number of anilines is 2. The second-order valence-corrected chi connectivity index (χ2v) is 8.60. The number of hydrogen-bond acceptors (Lipinski definition) is 6. The average Bonchev–Trinajstić information content (AvgIpc) is 3.02. The SMILES string of the molecule is CNS(=O)(=O)c1ccc(F)c(C(=O)Nc2nc3ccc(NC(C)=O)cc3s2)c1. The zero-order chi connectivity index (χ0) is 20.5. The number of aromatic nitrogens is 1. The molecule has 0 aliphatic carbocycles. The number of carbonyl (C=O) groups is 2. The molecule has 0 radical (unpaired) electrons. The van der Waals surface area contributed by atoms with Gasteiger partial charge in [-0.1, -0.05) is 11.3 Å². The summed E-state index contributed by atoms with van der Waals surface area (Å²) in [5, 5.41) is 5.33. The molecule has 3 rings (SSSR count). The van der Waals surface area contributed by atoms with Crippen molar-refractivity contribution < 1.29 is 22.4 Å². The molecule has 0 fully saturated rings. The summed E-state index contributed by atoms with van der Waals surface area (Å²) < 4.78 is 40.6. The Balaban J connectivity index is 1.88. The zero-order valence-corrected chi connectivity index (χ0v) is 16.4. The monoisotopic (exact) mass is 422 g/mol. The number of fused-ring (bicyclic) bond motifs is 1. The minimum atomic E-state index is -3.82. The summed E-state index contributed by atoms with van der Waals surface area (Å²) >= 11 is 1.13. The van der Waals surface area contributed by atoms with Crippen molar-refractivity contribution in [1.29, 1.82) is 0 Å². The Hall–Kier alpha value is -2.89. The van der Waals surface area contributed by atoms with Crippen LogP contribution in [0.25, 0.3) is 10.2 Å². The molecule has 3 aromatic rings. The van der Waals surface area contributed by atoms with Crippen molar-refractivity contribution in [2.45, 2.75) is 11.8 Å². The summed E-state index contributed by atoms with van der Waals surface area (Å²) in [5.41, 5.74) is 0.744. The molecule has 0 unspecified atom stereocenters. The first-order chi connectivity index (χ1) is 13.2. The number of hydrogen-bond donors (Lipinski definition) is 3. The lowest BCUT2D eigenvalue weighted by Gasteiger charge is -2.07. The van der Waals surface area contributed by atoms with Gasteiger partial charge in [0.25, 0.3) is 5.91 Å². The van der Waals surface area contributed by atoms with Crippen molar-refractivity contribution >= 4 is 54.2 Å². The van der Waals surface area contributed by atoms with Crippen LogP contribution in [-0.2, 0) is 14.8 Å². The quantitative estimate of drug-likeness (QED) is 0.584. The van der Waals surface area contributed by atoms with Gasteiger partial charge in [0, 0.05) is 12.6 Å². The van der Waals surface area contributed by atoms with E-state index in [1.807, 2.05) is 0 Å². The van der Waals surface area contributed by atoms with E-state index in [9.17, 15) is 22.4 Å². The van der Waals surface area contributed by atoms with Gasteiger partial charge in [0.1, 0.15) is 5.82 Å².